The van der Waals surface area contributed by atoms with E-state index in [9.17, 15) is 9.59 Å². The van der Waals surface area contributed by atoms with Gasteiger partial charge in [0.25, 0.3) is 5.91 Å². The fraction of sp³-hybridized carbons (Fsp3) is 0.476. The SMILES string of the molecule is Cc1ccc(C(=O)N(C)CC2CCCO2)cc1NC(=O)Cc1c(C)noc1C. The number of anilines is 1. The number of aryl methyl sites for hydroxylation is 3. The maximum Gasteiger partial charge on any atom is 0.253 e. The molecule has 1 aliphatic heterocycles. The fourth-order valence-electron chi connectivity index (χ4n) is 3.40. The number of nitrogens with zero attached hydrogens (tertiary/aromatic N) is 2. The largest absolute Gasteiger partial charge is 0.376 e. The van der Waals surface area contributed by atoms with E-state index in [1.807, 2.05) is 19.9 Å². The topological polar surface area (TPSA) is 84.7 Å². The molecular weight excluding hydrogens is 358 g/mol. The van der Waals surface area contributed by atoms with Gasteiger partial charge < -0.3 is 19.5 Å². The summed E-state index contributed by atoms with van der Waals surface area (Å²) in [5.41, 5.74) is 3.57. The van der Waals surface area contributed by atoms with E-state index in [2.05, 4.69) is 10.5 Å². The average molecular weight is 385 g/mol. The lowest BCUT2D eigenvalue weighted by Crippen LogP contribution is -2.34. The Balaban J connectivity index is 1.68. The fourth-order valence-corrected chi connectivity index (χ4v) is 3.40. The number of carbonyl (C=O) groups is 2. The maximum absolute atomic E-state index is 12.8. The van der Waals surface area contributed by atoms with Gasteiger partial charge in [0.15, 0.2) is 0 Å². The molecule has 1 fully saturated rings. The Morgan fingerprint density at radius 1 is 1.29 bits per heavy atom. The van der Waals surface area contributed by atoms with E-state index >= 15 is 0 Å². The van der Waals surface area contributed by atoms with Crippen molar-refractivity contribution in [3.63, 3.8) is 0 Å². The first-order chi connectivity index (χ1) is 13.3. The number of carbonyl (C=O) groups excluding carboxylic acids is 2. The van der Waals surface area contributed by atoms with E-state index in [4.69, 9.17) is 9.26 Å². The number of hydrogen-bond acceptors (Lipinski definition) is 5. The van der Waals surface area contributed by atoms with Crippen molar-refractivity contribution < 1.29 is 18.8 Å². The molecule has 7 nitrogen and oxygen atoms in total. The highest BCUT2D eigenvalue weighted by molar-refractivity contribution is 5.98. The van der Waals surface area contributed by atoms with E-state index in [0.717, 1.165) is 30.6 Å². The lowest BCUT2D eigenvalue weighted by atomic mass is 10.1. The van der Waals surface area contributed by atoms with Crippen LogP contribution in [0.3, 0.4) is 0 Å². The number of ether oxygens (including phenoxy) is 1. The second-order valence-corrected chi connectivity index (χ2v) is 7.38. The molecule has 2 aromatic rings. The Kier molecular flexibility index (Phi) is 6.14. The van der Waals surface area contributed by atoms with Crippen LogP contribution in [0.5, 0.6) is 0 Å². The monoisotopic (exact) mass is 385 g/mol. The van der Waals surface area contributed by atoms with Crippen LogP contribution >= 0.6 is 0 Å². The van der Waals surface area contributed by atoms with Crippen LogP contribution in [0.4, 0.5) is 5.69 Å². The summed E-state index contributed by atoms with van der Waals surface area (Å²) in [6.45, 7) is 6.83. The van der Waals surface area contributed by atoms with Crippen LogP contribution in [-0.2, 0) is 16.0 Å². The molecule has 1 aliphatic rings. The summed E-state index contributed by atoms with van der Waals surface area (Å²) in [6.07, 6.45) is 2.30. The first-order valence-electron chi connectivity index (χ1n) is 9.54. The van der Waals surface area contributed by atoms with Crippen molar-refractivity contribution in [1.82, 2.24) is 10.1 Å². The number of nitrogens with one attached hydrogen (secondary N) is 1. The van der Waals surface area contributed by atoms with Crippen LogP contribution in [0.2, 0.25) is 0 Å². The molecule has 2 heterocycles. The normalized spacial score (nSPS) is 16.2. The standard InChI is InChI=1S/C21H27N3O4/c1-13-7-8-16(21(26)24(4)12-17-6-5-9-27-17)10-19(13)22-20(25)11-18-14(2)23-28-15(18)3/h7-8,10,17H,5-6,9,11-12H2,1-4H3,(H,22,25). The lowest BCUT2D eigenvalue weighted by molar-refractivity contribution is -0.115. The highest BCUT2D eigenvalue weighted by atomic mass is 16.5. The molecule has 1 aromatic heterocycles. The minimum Gasteiger partial charge on any atom is -0.376 e. The van der Waals surface area contributed by atoms with E-state index in [1.165, 1.54) is 0 Å². The Hall–Kier alpha value is -2.67. The second-order valence-electron chi connectivity index (χ2n) is 7.38. The summed E-state index contributed by atoms with van der Waals surface area (Å²) in [5, 5.41) is 6.78. The van der Waals surface area contributed by atoms with E-state index in [-0.39, 0.29) is 24.3 Å². The molecule has 1 aromatic carbocycles. The summed E-state index contributed by atoms with van der Waals surface area (Å²) in [5.74, 6) is 0.385. The number of aromatic nitrogens is 1. The molecular formula is C21H27N3O4. The molecule has 0 bridgehead atoms. The molecule has 2 amide bonds. The van der Waals surface area contributed by atoms with Crippen molar-refractivity contribution in [2.75, 3.05) is 25.5 Å². The van der Waals surface area contributed by atoms with Gasteiger partial charge in [0.1, 0.15) is 5.76 Å². The van der Waals surface area contributed by atoms with Gasteiger partial charge >= 0.3 is 0 Å². The average Bonchev–Trinajstić information content (AvgIpc) is 3.28. The molecule has 3 rings (SSSR count). The quantitative estimate of drug-likeness (QED) is 0.826. The summed E-state index contributed by atoms with van der Waals surface area (Å²) < 4.78 is 10.7. The van der Waals surface area contributed by atoms with Gasteiger partial charge in [-0.15, -0.1) is 0 Å². The number of likely N-dealkylation sites (N-methyl/N-ethyl adjacent to an activating group) is 1. The molecule has 0 saturated carbocycles. The summed E-state index contributed by atoms with van der Waals surface area (Å²) in [4.78, 5) is 26.9. The van der Waals surface area contributed by atoms with E-state index < -0.39 is 0 Å². The number of amides is 2. The highest BCUT2D eigenvalue weighted by Crippen LogP contribution is 2.20. The molecule has 0 radical (unpaired) electrons. The van der Waals surface area contributed by atoms with E-state index in [1.54, 1.807) is 31.0 Å². The van der Waals surface area contributed by atoms with E-state index in [0.29, 0.717) is 29.2 Å². The number of benzene rings is 1. The van der Waals surface area contributed by atoms with Crippen molar-refractivity contribution in [3.05, 3.63) is 46.3 Å². The molecule has 28 heavy (non-hydrogen) atoms. The van der Waals surface area contributed by atoms with Crippen molar-refractivity contribution in [2.45, 2.75) is 46.1 Å². The minimum atomic E-state index is -0.171. The molecule has 0 spiro atoms. The molecule has 1 atom stereocenters. The summed E-state index contributed by atoms with van der Waals surface area (Å²) >= 11 is 0. The Labute approximate surface area is 165 Å². The van der Waals surface area contributed by atoms with Crippen LogP contribution in [0, 0.1) is 20.8 Å². The van der Waals surface area contributed by atoms with Gasteiger partial charge in [-0.25, -0.2) is 0 Å². The van der Waals surface area contributed by atoms with Crippen LogP contribution in [0.15, 0.2) is 22.7 Å². The molecule has 150 valence electrons. The minimum absolute atomic E-state index is 0.0864. The third kappa shape index (κ3) is 4.59. The zero-order valence-electron chi connectivity index (χ0n) is 16.9. The van der Waals surface area contributed by atoms with Crippen LogP contribution < -0.4 is 5.32 Å². The number of hydrogen-bond donors (Lipinski definition) is 1. The molecule has 7 heteroatoms. The van der Waals surface area contributed by atoms with Gasteiger partial charge in [0.2, 0.25) is 5.91 Å². The Bertz CT molecular complexity index is 849. The lowest BCUT2D eigenvalue weighted by Gasteiger charge is -2.21. The molecule has 1 saturated heterocycles. The van der Waals surface area contributed by atoms with Crippen molar-refractivity contribution in [1.29, 1.82) is 0 Å². The summed E-state index contributed by atoms with van der Waals surface area (Å²) in [7, 11) is 1.78. The van der Waals surface area contributed by atoms with Gasteiger partial charge in [0, 0.05) is 37.0 Å². The zero-order valence-corrected chi connectivity index (χ0v) is 16.9. The second kappa shape index (κ2) is 8.56. The Morgan fingerprint density at radius 3 is 2.71 bits per heavy atom. The highest BCUT2D eigenvalue weighted by Gasteiger charge is 2.21. The maximum atomic E-state index is 12.8. The third-order valence-electron chi connectivity index (χ3n) is 5.13. The van der Waals surface area contributed by atoms with Crippen LogP contribution in [0.25, 0.3) is 0 Å². The van der Waals surface area contributed by atoms with Crippen molar-refractivity contribution >= 4 is 17.5 Å². The number of rotatable bonds is 6. The smallest absolute Gasteiger partial charge is 0.253 e. The summed E-state index contributed by atoms with van der Waals surface area (Å²) in [6, 6.07) is 5.36. The molecule has 1 N–H and O–H groups in total. The van der Waals surface area contributed by atoms with Crippen LogP contribution in [0.1, 0.15) is 45.8 Å². The van der Waals surface area contributed by atoms with Crippen molar-refractivity contribution in [2.24, 2.45) is 0 Å². The zero-order chi connectivity index (χ0) is 20.3. The van der Waals surface area contributed by atoms with Crippen molar-refractivity contribution in [3.8, 4) is 0 Å². The van der Waals surface area contributed by atoms with Gasteiger partial charge in [-0.2, -0.15) is 0 Å². The predicted octanol–water partition coefficient (Wildman–Crippen LogP) is 3.03. The van der Waals surface area contributed by atoms with Gasteiger partial charge in [-0.05, 0) is 51.3 Å². The molecule has 0 aliphatic carbocycles. The Morgan fingerprint density at radius 2 is 2.07 bits per heavy atom. The van der Waals surface area contributed by atoms with Gasteiger partial charge in [-0.3, -0.25) is 9.59 Å². The van der Waals surface area contributed by atoms with Gasteiger partial charge in [0.05, 0.1) is 18.2 Å². The predicted molar refractivity (Wildman–Crippen MR) is 105 cm³/mol. The first-order valence-corrected chi connectivity index (χ1v) is 9.54. The van der Waals surface area contributed by atoms with Crippen LogP contribution in [-0.4, -0.2) is 48.2 Å². The third-order valence-corrected chi connectivity index (χ3v) is 5.13. The first kappa shape index (κ1) is 20.1. The molecule has 1 unspecified atom stereocenters. The van der Waals surface area contributed by atoms with Gasteiger partial charge in [-0.1, -0.05) is 11.2 Å².